The molecule has 9 heteroatoms. The number of rotatable bonds is 6. The Balaban J connectivity index is 1.58. The SMILES string of the molecule is NS(=O)c1cc(NC(=O)C(O)c2ccccc2Cl)ccc1-c1cnn(C2CC2)c1. The number of hydrogen-bond donors (Lipinski definition) is 3. The number of nitrogens with zero attached hydrogens (tertiary/aromatic N) is 2. The Labute approximate surface area is 175 Å². The molecule has 1 amide bonds. The molecule has 0 bridgehead atoms. The van der Waals surface area contributed by atoms with Crippen molar-refractivity contribution in [1.29, 1.82) is 0 Å². The number of aromatic nitrogens is 2. The molecule has 4 rings (SSSR count). The van der Waals surface area contributed by atoms with Crippen LogP contribution in [0.1, 0.15) is 30.6 Å². The van der Waals surface area contributed by atoms with Gasteiger partial charge in [-0.05, 0) is 31.0 Å². The third kappa shape index (κ3) is 4.25. The Hall–Kier alpha value is -2.52. The van der Waals surface area contributed by atoms with E-state index < -0.39 is 23.0 Å². The van der Waals surface area contributed by atoms with Crippen LogP contribution in [-0.2, 0) is 15.8 Å². The van der Waals surface area contributed by atoms with Crippen molar-refractivity contribution in [2.75, 3.05) is 5.32 Å². The molecule has 1 heterocycles. The number of anilines is 1. The summed E-state index contributed by atoms with van der Waals surface area (Å²) in [4.78, 5) is 12.8. The summed E-state index contributed by atoms with van der Waals surface area (Å²) in [6, 6.07) is 11.9. The first-order chi connectivity index (χ1) is 13.9. The van der Waals surface area contributed by atoms with Crippen LogP contribution in [0.15, 0.2) is 59.8 Å². The molecule has 2 atom stereocenters. The smallest absolute Gasteiger partial charge is 0.257 e. The molecule has 150 valence electrons. The van der Waals surface area contributed by atoms with Crippen LogP contribution in [0.2, 0.25) is 5.02 Å². The average Bonchev–Trinajstić information content (AvgIpc) is 3.45. The molecule has 0 saturated heterocycles. The summed E-state index contributed by atoms with van der Waals surface area (Å²) in [7, 11) is -1.77. The maximum absolute atomic E-state index is 12.4. The number of nitrogens with two attached hydrogens (primary N) is 1. The molecule has 0 aliphatic heterocycles. The lowest BCUT2D eigenvalue weighted by atomic mass is 10.1. The maximum atomic E-state index is 12.4. The molecule has 2 unspecified atom stereocenters. The van der Waals surface area contributed by atoms with Gasteiger partial charge in [0.1, 0.15) is 11.0 Å². The molecule has 1 aliphatic carbocycles. The van der Waals surface area contributed by atoms with E-state index >= 15 is 0 Å². The van der Waals surface area contributed by atoms with Gasteiger partial charge in [-0.2, -0.15) is 5.10 Å². The van der Waals surface area contributed by atoms with Gasteiger partial charge in [-0.3, -0.25) is 9.48 Å². The Morgan fingerprint density at radius 2 is 2.07 bits per heavy atom. The quantitative estimate of drug-likeness (QED) is 0.557. The molecular weight excluding hydrogens is 412 g/mol. The molecule has 1 aliphatic rings. The second-order valence-electron chi connectivity index (χ2n) is 6.86. The number of carbonyl (C=O) groups excluding carboxylic acids is 1. The minimum atomic E-state index is -1.77. The minimum Gasteiger partial charge on any atom is -0.378 e. The first-order valence-corrected chi connectivity index (χ1v) is 10.6. The summed E-state index contributed by atoms with van der Waals surface area (Å²) < 4.78 is 14.0. The number of hydrogen-bond acceptors (Lipinski definition) is 4. The van der Waals surface area contributed by atoms with Gasteiger partial charge in [0.05, 0.1) is 17.1 Å². The molecular formula is C20H19ClN4O3S. The number of aliphatic hydroxyl groups excluding tert-OH is 1. The van der Waals surface area contributed by atoms with Gasteiger partial charge in [0.15, 0.2) is 6.10 Å². The van der Waals surface area contributed by atoms with Gasteiger partial charge in [0.2, 0.25) is 0 Å². The van der Waals surface area contributed by atoms with E-state index in [9.17, 15) is 14.1 Å². The van der Waals surface area contributed by atoms with E-state index in [1.165, 1.54) is 6.07 Å². The predicted molar refractivity (Wildman–Crippen MR) is 112 cm³/mol. The van der Waals surface area contributed by atoms with E-state index in [2.05, 4.69) is 10.4 Å². The molecule has 4 N–H and O–H groups in total. The van der Waals surface area contributed by atoms with Crippen LogP contribution in [0, 0.1) is 0 Å². The lowest BCUT2D eigenvalue weighted by Crippen LogP contribution is -2.21. The highest BCUT2D eigenvalue weighted by Crippen LogP contribution is 2.36. The fraction of sp³-hybridized carbons (Fsp3) is 0.200. The van der Waals surface area contributed by atoms with Gasteiger partial charge in [-0.25, -0.2) is 9.35 Å². The summed E-state index contributed by atoms with van der Waals surface area (Å²) >= 11 is 6.05. The average molecular weight is 431 g/mol. The standard InChI is InChI=1S/C20H19ClN4O3S/c21-17-4-2-1-3-16(17)19(26)20(27)24-13-5-8-15(18(9-13)29(22)28)12-10-23-25(11-12)14-6-7-14/h1-5,8-11,14,19,26H,6-7,22H2,(H,24,27). The number of amides is 1. The Morgan fingerprint density at radius 1 is 1.31 bits per heavy atom. The molecule has 2 aromatic carbocycles. The molecule has 1 saturated carbocycles. The second-order valence-corrected chi connectivity index (χ2v) is 8.30. The number of benzene rings is 2. The van der Waals surface area contributed by atoms with Crippen LogP contribution >= 0.6 is 11.6 Å². The summed E-state index contributed by atoms with van der Waals surface area (Å²) in [6.45, 7) is 0. The first-order valence-electron chi connectivity index (χ1n) is 9.02. The van der Waals surface area contributed by atoms with Crippen molar-refractivity contribution in [3.05, 3.63) is 65.4 Å². The van der Waals surface area contributed by atoms with E-state index in [0.717, 1.165) is 18.4 Å². The zero-order chi connectivity index (χ0) is 20.5. The van der Waals surface area contributed by atoms with Crippen LogP contribution in [0.5, 0.6) is 0 Å². The molecule has 3 aromatic rings. The largest absolute Gasteiger partial charge is 0.378 e. The third-order valence-electron chi connectivity index (χ3n) is 4.75. The summed E-state index contributed by atoms with van der Waals surface area (Å²) in [5.74, 6) is -0.652. The van der Waals surface area contributed by atoms with Gasteiger partial charge in [-0.15, -0.1) is 0 Å². The van der Waals surface area contributed by atoms with E-state index in [1.54, 1.807) is 42.6 Å². The van der Waals surface area contributed by atoms with Gasteiger partial charge in [0.25, 0.3) is 5.91 Å². The van der Waals surface area contributed by atoms with Gasteiger partial charge in [-0.1, -0.05) is 35.9 Å². The fourth-order valence-electron chi connectivity index (χ4n) is 3.07. The monoisotopic (exact) mass is 430 g/mol. The topological polar surface area (TPSA) is 110 Å². The van der Waals surface area contributed by atoms with Crippen LogP contribution in [0.4, 0.5) is 5.69 Å². The van der Waals surface area contributed by atoms with Gasteiger partial charge < -0.3 is 10.4 Å². The number of aliphatic hydroxyl groups is 1. The minimum absolute atomic E-state index is 0.293. The third-order valence-corrected chi connectivity index (χ3v) is 5.86. The molecule has 29 heavy (non-hydrogen) atoms. The molecule has 0 radical (unpaired) electrons. The maximum Gasteiger partial charge on any atom is 0.257 e. The number of nitrogens with one attached hydrogen (secondary N) is 1. The van der Waals surface area contributed by atoms with E-state index in [-0.39, 0.29) is 0 Å². The van der Waals surface area contributed by atoms with Crippen molar-refractivity contribution in [3.8, 4) is 11.1 Å². The van der Waals surface area contributed by atoms with Gasteiger partial charge >= 0.3 is 0 Å². The van der Waals surface area contributed by atoms with Gasteiger partial charge in [0, 0.05) is 33.6 Å². The fourth-order valence-corrected chi connectivity index (χ4v) is 3.95. The van der Waals surface area contributed by atoms with E-state index in [4.69, 9.17) is 16.7 Å². The van der Waals surface area contributed by atoms with Crippen molar-refractivity contribution < 1.29 is 14.1 Å². The van der Waals surface area contributed by atoms with Crippen molar-refractivity contribution in [1.82, 2.24) is 9.78 Å². The zero-order valence-corrected chi connectivity index (χ0v) is 16.9. The highest BCUT2D eigenvalue weighted by atomic mass is 35.5. The summed E-state index contributed by atoms with van der Waals surface area (Å²) in [6.07, 6.45) is 4.39. The van der Waals surface area contributed by atoms with Crippen LogP contribution < -0.4 is 10.5 Å². The van der Waals surface area contributed by atoms with Crippen molar-refractivity contribution in [2.24, 2.45) is 5.14 Å². The van der Waals surface area contributed by atoms with Crippen molar-refractivity contribution in [2.45, 2.75) is 29.9 Å². The predicted octanol–water partition coefficient (Wildman–Crippen LogP) is 3.19. The van der Waals surface area contributed by atoms with Crippen molar-refractivity contribution in [3.63, 3.8) is 0 Å². The summed E-state index contributed by atoms with van der Waals surface area (Å²) in [5, 5.41) is 23.2. The normalized spacial score (nSPS) is 15.7. The molecule has 1 fully saturated rings. The molecule has 1 aromatic heterocycles. The Kier molecular flexibility index (Phi) is 5.51. The highest BCUT2D eigenvalue weighted by molar-refractivity contribution is 7.82. The highest BCUT2D eigenvalue weighted by Gasteiger charge is 2.25. The lowest BCUT2D eigenvalue weighted by Gasteiger charge is -2.14. The van der Waals surface area contributed by atoms with Crippen molar-refractivity contribution >= 4 is 34.2 Å². The first kappa shape index (κ1) is 19.8. The molecule has 7 nitrogen and oxygen atoms in total. The van der Waals surface area contributed by atoms with E-state index in [1.807, 2.05) is 10.9 Å². The molecule has 0 spiro atoms. The second kappa shape index (κ2) is 8.08. The van der Waals surface area contributed by atoms with Crippen LogP contribution in [-0.4, -0.2) is 25.0 Å². The zero-order valence-electron chi connectivity index (χ0n) is 15.3. The van der Waals surface area contributed by atoms with E-state index in [0.29, 0.717) is 32.8 Å². The lowest BCUT2D eigenvalue weighted by molar-refractivity contribution is -0.124. The van der Waals surface area contributed by atoms with Crippen LogP contribution in [0.3, 0.4) is 0 Å². The Morgan fingerprint density at radius 3 is 2.76 bits per heavy atom. The summed E-state index contributed by atoms with van der Waals surface area (Å²) in [5.41, 5.74) is 2.16. The Bertz CT molecular complexity index is 1100. The number of carbonyl (C=O) groups is 1. The van der Waals surface area contributed by atoms with Crippen LogP contribution in [0.25, 0.3) is 11.1 Å². The number of halogens is 1.